The van der Waals surface area contributed by atoms with Crippen molar-refractivity contribution in [3.05, 3.63) is 52.0 Å². The molecule has 2 aromatic rings. The molecule has 0 amide bonds. The van der Waals surface area contributed by atoms with Gasteiger partial charge in [0.25, 0.3) is 0 Å². The van der Waals surface area contributed by atoms with Gasteiger partial charge in [0, 0.05) is 22.6 Å². The Labute approximate surface area is 178 Å². The van der Waals surface area contributed by atoms with Crippen LogP contribution in [0.2, 0.25) is 0 Å². The second-order valence-corrected chi connectivity index (χ2v) is 9.26. The van der Waals surface area contributed by atoms with Crippen molar-refractivity contribution >= 4 is 31.9 Å². The van der Waals surface area contributed by atoms with Gasteiger partial charge >= 0.3 is 5.97 Å². The zero-order valence-electron chi connectivity index (χ0n) is 16.3. The normalized spacial score (nSPS) is 17.2. The molecule has 1 aliphatic heterocycles. The lowest BCUT2D eigenvalue weighted by Crippen LogP contribution is -2.31. The van der Waals surface area contributed by atoms with Crippen LogP contribution in [0.1, 0.15) is 34.8 Å². The second kappa shape index (κ2) is 8.73. The van der Waals surface area contributed by atoms with Crippen LogP contribution in [0.4, 0.5) is 0 Å². The first-order valence-corrected chi connectivity index (χ1v) is 11.2. The summed E-state index contributed by atoms with van der Waals surface area (Å²) in [6, 6.07) is 9.35. The van der Waals surface area contributed by atoms with Crippen molar-refractivity contribution in [2.45, 2.75) is 23.8 Å². The highest BCUT2D eigenvalue weighted by Gasteiger charge is 2.38. The van der Waals surface area contributed by atoms with E-state index in [0.717, 1.165) is 12.0 Å². The minimum Gasteiger partial charge on any atom is -0.497 e. The summed E-state index contributed by atoms with van der Waals surface area (Å²) in [7, 11) is 0.520. The molecule has 1 heterocycles. The molecule has 0 bridgehead atoms. The predicted molar refractivity (Wildman–Crippen MR) is 111 cm³/mol. The van der Waals surface area contributed by atoms with E-state index in [0.29, 0.717) is 28.9 Å². The molecule has 1 aliphatic rings. The van der Waals surface area contributed by atoms with E-state index in [1.807, 2.05) is 6.07 Å². The summed E-state index contributed by atoms with van der Waals surface area (Å²) in [6.07, 6.45) is 1.39. The van der Waals surface area contributed by atoms with E-state index in [-0.39, 0.29) is 16.5 Å². The van der Waals surface area contributed by atoms with Gasteiger partial charge in [-0.2, -0.15) is 4.31 Å². The molecule has 3 rings (SSSR count). The van der Waals surface area contributed by atoms with Gasteiger partial charge in [-0.3, -0.25) is 0 Å². The number of carbonyl (C=O) groups excluding carboxylic acids is 1. The van der Waals surface area contributed by atoms with Crippen molar-refractivity contribution < 1.29 is 27.4 Å². The van der Waals surface area contributed by atoms with Crippen LogP contribution in [0.3, 0.4) is 0 Å². The predicted octanol–water partition coefficient (Wildman–Crippen LogP) is 3.78. The van der Waals surface area contributed by atoms with E-state index in [1.165, 1.54) is 29.6 Å². The first-order valence-electron chi connectivity index (χ1n) is 8.95. The number of carbonyl (C=O) groups is 1. The average molecular weight is 484 g/mol. The van der Waals surface area contributed by atoms with Crippen LogP contribution < -0.4 is 9.47 Å². The van der Waals surface area contributed by atoms with E-state index in [2.05, 4.69) is 15.9 Å². The number of nitrogens with zero attached hydrogens (tertiary/aromatic N) is 1. The molecule has 29 heavy (non-hydrogen) atoms. The molecule has 0 saturated carbocycles. The van der Waals surface area contributed by atoms with Gasteiger partial charge in [-0.05, 0) is 53.0 Å². The minimum absolute atomic E-state index is 0.0421. The van der Waals surface area contributed by atoms with Crippen LogP contribution in [-0.4, -0.2) is 46.6 Å². The number of sulfonamides is 1. The monoisotopic (exact) mass is 483 g/mol. The molecule has 7 nitrogen and oxygen atoms in total. The molecule has 0 radical (unpaired) electrons. The van der Waals surface area contributed by atoms with E-state index in [1.54, 1.807) is 26.4 Å². The van der Waals surface area contributed by atoms with Crippen LogP contribution in [0, 0.1) is 0 Å². The topological polar surface area (TPSA) is 82.1 Å². The highest BCUT2D eigenvalue weighted by molar-refractivity contribution is 9.10. The molecule has 1 unspecified atom stereocenters. The number of esters is 1. The Morgan fingerprint density at radius 2 is 1.86 bits per heavy atom. The molecule has 1 atom stereocenters. The van der Waals surface area contributed by atoms with Gasteiger partial charge in [0.1, 0.15) is 11.5 Å². The number of rotatable bonds is 6. The Kier molecular flexibility index (Phi) is 6.50. The number of ether oxygens (including phenoxy) is 3. The standard InChI is InChI=1S/C20H22BrNO6S/c1-26-13-6-8-15(19(11-13)27-2)18-5-4-10-22(18)29(24,25)14-7-9-17(21)16(12-14)20(23)28-3/h6-9,11-12,18H,4-5,10H2,1-3H3. The minimum atomic E-state index is -3.84. The van der Waals surface area contributed by atoms with Gasteiger partial charge in [0.15, 0.2) is 0 Å². The zero-order valence-corrected chi connectivity index (χ0v) is 18.7. The third-order valence-corrected chi connectivity index (χ3v) is 7.55. The molecule has 0 N–H and O–H groups in total. The number of hydrogen-bond donors (Lipinski definition) is 0. The maximum Gasteiger partial charge on any atom is 0.339 e. The maximum atomic E-state index is 13.4. The van der Waals surface area contributed by atoms with Gasteiger partial charge in [-0.1, -0.05) is 6.07 Å². The Bertz CT molecular complexity index is 1020. The summed E-state index contributed by atoms with van der Waals surface area (Å²) in [5.74, 6) is 0.597. The van der Waals surface area contributed by atoms with E-state index >= 15 is 0 Å². The molecule has 9 heteroatoms. The zero-order chi connectivity index (χ0) is 21.2. The fourth-order valence-corrected chi connectivity index (χ4v) is 5.61. The number of methoxy groups -OCH3 is 3. The van der Waals surface area contributed by atoms with Crippen molar-refractivity contribution in [2.24, 2.45) is 0 Å². The number of benzene rings is 2. The summed E-state index contributed by atoms with van der Waals surface area (Å²) in [5.41, 5.74) is 0.936. The highest BCUT2D eigenvalue weighted by atomic mass is 79.9. The van der Waals surface area contributed by atoms with Crippen molar-refractivity contribution in [1.29, 1.82) is 0 Å². The van der Waals surface area contributed by atoms with Gasteiger partial charge < -0.3 is 14.2 Å². The maximum absolute atomic E-state index is 13.4. The SMILES string of the molecule is COC(=O)c1cc(S(=O)(=O)N2CCCC2c2ccc(OC)cc2OC)ccc1Br. The van der Waals surface area contributed by atoms with E-state index in [9.17, 15) is 13.2 Å². The lowest BCUT2D eigenvalue weighted by Gasteiger charge is -2.26. The number of halogens is 1. The van der Waals surface area contributed by atoms with Crippen LogP contribution in [-0.2, 0) is 14.8 Å². The quantitative estimate of drug-likeness (QED) is 0.581. The summed E-state index contributed by atoms with van der Waals surface area (Å²) in [4.78, 5) is 12.0. The molecule has 1 fully saturated rings. The van der Waals surface area contributed by atoms with E-state index < -0.39 is 16.0 Å². The first-order chi connectivity index (χ1) is 13.8. The summed E-state index contributed by atoms with van der Waals surface area (Å²) in [6.45, 7) is 0.381. The fraction of sp³-hybridized carbons (Fsp3) is 0.350. The Balaban J connectivity index is 2.02. The average Bonchev–Trinajstić information content (AvgIpc) is 3.23. The van der Waals surface area contributed by atoms with Gasteiger partial charge in [0.2, 0.25) is 10.0 Å². The molecule has 0 aromatic heterocycles. The summed E-state index contributed by atoms with van der Waals surface area (Å²) in [5, 5.41) is 0. The Morgan fingerprint density at radius 3 is 2.52 bits per heavy atom. The molecule has 1 saturated heterocycles. The van der Waals surface area contributed by atoms with Crippen molar-refractivity contribution in [1.82, 2.24) is 4.31 Å². The van der Waals surface area contributed by atoms with Gasteiger partial charge in [0.05, 0.1) is 37.8 Å². The van der Waals surface area contributed by atoms with Crippen LogP contribution >= 0.6 is 15.9 Å². The highest BCUT2D eigenvalue weighted by Crippen LogP contribution is 2.41. The lowest BCUT2D eigenvalue weighted by atomic mass is 10.0. The first kappa shape index (κ1) is 21.6. The molecule has 0 spiro atoms. The molecular weight excluding hydrogens is 462 g/mol. The molecular formula is C20H22BrNO6S. The van der Waals surface area contributed by atoms with E-state index in [4.69, 9.17) is 14.2 Å². The smallest absolute Gasteiger partial charge is 0.339 e. The van der Waals surface area contributed by atoms with Gasteiger partial charge in [-0.15, -0.1) is 0 Å². The second-order valence-electron chi connectivity index (χ2n) is 6.51. The summed E-state index contributed by atoms with van der Waals surface area (Å²) >= 11 is 3.27. The lowest BCUT2D eigenvalue weighted by molar-refractivity contribution is 0.0599. The Hall–Kier alpha value is -2.10. The van der Waals surface area contributed by atoms with Crippen molar-refractivity contribution in [3.8, 4) is 11.5 Å². The van der Waals surface area contributed by atoms with Crippen molar-refractivity contribution in [2.75, 3.05) is 27.9 Å². The molecule has 2 aromatic carbocycles. The van der Waals surface area contributed by atoms with Crippen LogP contribution in [0.5, 0.6) is 11.5 Å². The van der Waals surface area contributed by atoms with Crippen molar-refractivity contribution in [3.63, 3.8) is 0 Å². The largest absolute Gasteiger partial charge is 0.497 e. The van der Waals surface area contributed by atoms with Crippen LogP contribution in [0.15, 0.2) is 45.8 Å². The summed E-state index contributed by atoms with van der Waals surface area (Å²) < 4.78 is 44.2. The molecule has 0 aliphatic carbocycles. The van der Waals surface area contributed by atoms with Crippen LogP contribution in [0.25, 0.3) is 0 Å². The third-order valence-electron chi connectivity index (χ3n) is 4.95. The Morgan fingerprint density at radius 1 is 1.10 bits per heavy atom. The molecule has 156 valence electrons. The van der Waals surface area contributed by atoms with Gasteiger partial charge in [-0.25, -0.2) is 13.2 Å². The number of hydrogen-bond acceptors (Lipinski definition) is 6. The third kappa shape index (κ3) is 4.12. The fourth-order valence-electron chi connectivity index (χ4n) is 3.50.